The highest BCUT2D eigenvalue weighted by molar-refractivity contribution is 7.74. The molecule has 184 valence electrons. The number of likely N-dealkylation sites (tertiary alicyclic amines) is 1. The predicted molar refractivity (Wildman–Crippen MR) is 126 cm³/mol. The second-order valence-electron chi connectivity index (χ2n) is 8.38. The number of hydrogen-bond donors (Lipinski definition) is 2. The minimum absolute atomic E-state index is 0.155. The van der Waals surface area contributed by atoms with Gasteiger partial charge in [0.15, 0.2) is 18.1 Å². The summed E-state index contributed by atoms with van der Waals surface area (Å²) in [7, 11) is 0.398. The van der Waals surface area contributed by atoms with Crippen LogP contribution in [-0.4, -0.2) is 82.5 Å². The zero-order valence-electron chi connectivity index (χ0n) is 19.1. The lowest BCUT2D eigenvalue weighted by Crippen LogP contribution is -2.41. The third-order valence-electron chi connectivity index (χ3n) is 6.12. The summed E-state index contributed by atoms with van der Waals surface area (Å²) in [6.45, 7) is 1.72. The highest BCUT2D eigenvalue weighted by atomic mass is 32.2. The van der Waals surface area contributed by atoms with Crippen molar-refractivity contribution in [3.05, 3.63) is 48.0 Å². The normalized spacial score (nSPS) is 18.2. The van der Waals surface area contributed by atoms with E-state index in [1.807, 2.05) is 6.07 Å². The van der Waals surface area contributed by atoms with Gasteiger partial charge >= 0.3 is 0 Å². The maximum atomic E-state index is 13.1. The van der Waals surface area contributed by atoms with Gasteiger partial charge in [0.1, 0.15) is 5.75 Å². The van der Waals surface area contributed by atoms with Crippen LogP contribution in [0.15, 0.2) is 42.5 Å². The zero-order chi connectivity index (χ0) is 24.2. The van der Waals surface area contributed by atoms with Crippen molar-refractivity contribution in [1.82, 2.24) is 9.80 Å². The van der Waals surface area contributed by atoms with Gasteiger partial charge in [-0.15, -0.1) is 0 Å². The average Bonchev–Trinajstić information content (AvgIpc) is 3.48. The molecule has 0 spiro atoms. The lowest BCUT2D eigenvalue weighted by atomic mass is 10.0. The van der Waals surface area contributed by atoms with E-state index in [1.54, 1.807) is 48.3 Å². The smallest absolute Gasteiger partial charge is 0.260 e. The molecule has 1 amide bonds. The maximum absolute atomic E-state index is 13.1. The van der Waals surface area contributed by atoms with E-state index >= 15 is 0 Å². The summed E-state index contributed by atoms with van der Waals surface area (Å²) in [4.78, 5) is 16.8. The third-order valence-corrected chi connectivity index (χ3v) is 6.84. The van der Waals surface area contributed by atoms with Crippen LogP contribution in [0.25, 0.3) is 0 Å². The number of anilines is 1. The summed E-state index contributed by atoms with van der Waals surface area (Å²) in [5.74, 6) is 1.46. The van der Waals surface area contributed by atoms with E-state index in [4.69, 9.17) is 14.2 Å². The van der Waals surface area contributed by atoms with Gasteiger partial charge in [-0.3, -0.25) is 14.0 Å². The van der Waals surface area contributed by atoms with Crippen molar-refractivity contribution in [1.29, 1.82) is 0 Å². The van der Waals surface area contributed by atoms with E-state index < -0.39 is 17.0 Å². The largest absolute Gasteiger partial charge is 0.484 e. The van der Waals surface area contributed by atoms with Gasteiger partial charge in [0.05, 0.1) is 17.8 Å². The van der Waals surface area contributed by atoms with E-state index in [0.29, 0.717) is 42.4 Å². The van der Waals surface area contributed by atoms with Crippen molar-refractivity contribution < 1.29 is 32.5 Å². The van der Waals surface area contributed by atoms with Gasteiger partial charge in [-0.2, -0.15) is 0 Å². The van der Waals surface area contributed by atoms with Crippen LogP contribution in [0.4, 0.5) is 5.69 Å². The van der Waals surface area contributed by atoms with E-state index in [1.165, 1.54) is 11.4 Å². The monoisotopic (exact) mass is 491 g/mol. The first-order valence-electron chi connectivity index (χ1n) is 11.0. The molecule has 2 heterocycles. The molecule has 1 N–H and O–H groups in total. The Kier molecular flexibility index (Phi) is 7.44. The molecule has 2 aromatic carbocycles. The number of ether oxygens (including phenoxy) is 3. The number of carbonyl (C=O) groups excluding carboxylic acids is 1. The van der Waals surface area contributed by atoms with E-state index in [2.05, 4.69) is 4.90 Å². The van der Waals surface area contributed by atoms with Crippen LogP contribution in [0.3, 0.4) is 0 Å². The third kappa shape index (κ3) is 5.54. The van der Waals surface area contributed by atoms with Crippen LogP contribution in [-0.2, 0) is 15.7 Å². The molecule has 11 heteroatoms. The number of carbonyl (C=O) groups is 1. The van der Waals surface area contributed by atoms with Crippen molar-refractivity contribution >= 4 is 22.5 Å². The molecule has 2 aliphatic heterocycles. The number of thiol groups is 1. The fourth-order valence-electron chi connectivity index (χ4n) is 4.09. The lowest BCUT2D eigenvalue weighted by molar-refractivity contribution is -0.134. The Bertz CT molecular complexity index is 1100. The first-order chi connectivity index (χ1) is 16.3. The topological polar surface area (TPSA) is 109 Å². The number of amides is 1. The fourth-order valence-corrected chi connectivity index (χ4v) is 4.40. The first-order valence-corrected chi connectivity index (χ1v) is 12.1. The molecule has 0 radical (unpaired) electrons. The highest BCUT2D eigenvalue weighted by Crippen LogP contribution is 2.35. The van der Waals surface area contributed by atoms with Crippen molar-refractivity contribution in [3.8, 4) is 17.2 Å². The van der Waals surface area contributed by atoms with Gasteiger partial charge in [0.25, 0.3) is 5.91 Å². The molecular formula is C23H29N3O7S. The Hall–Kier alpha value is -3.02. The van der Waals surface area contributed by atoms with Crippen LogP contribution >= 0.6 is 0 Å². The average molecular weight is 492 g/mol. The van der Waals surface area contributed by atoms with Gasteiger partial charge in [-0.25, -0.2) is 8.42 Å². The van der Waals surface area contributed by atoms with Crippen LogP contribution in [0.1, 0.15) is 18.0 Å². The number of fused-ring (bicyclic) bond motifs is 1. The molecular weight excluding hydrogens is 462 g/mol. The second kappa shape index (κ2) is 10.5. The summed E-state index contributed by atoms with van der Waals surface area (Å²) in [6.07, 6.45) is 0.287. The number of β-amino-alcohol motifs (C(OH)–C–C–N with tert-alkyl or cyclic N) is 1. The Morgan fingerprint density at radius 1 is 1.21 bits per heavy atom. The van der Waals surface area contributed by atoms with Crippen molar-refractivity contribution in [2.24, 2.45) is 0 Å². The molecule has 0 unspecified atom stereocenters. The second-order valence-corrected chi connectivity index (χ2v) is 9.46. The number of rotatable bonds is 9. The Morgan fingerprint density at radius 2 is 2.00 bits per heavy atom. The molecule has 10 nitrogen and oxygen atoms in total. The van der Waals surface area contributed by atoms with E-state index in [-0.39, 0.29) is 25.3 Å². The standard InChI is InChI=1S/C23H29N3O7S/c1-24(23(28)14-31-19-6-7-21-22(11-19)33-15-32-21)20(13-26-9-8-18(27)12-26)16-4-3-5-17(10-16)25(2)34(29)30/h3-7,10-11,18,20,27,34H,8-9,12-15H2,1-2H3/t18-,20+/m0/s1. The van der Waals surface area contributed by atoms with E-state index in [9.17, 15) is 18.3 Å². The minimum atomic E-state index is -2.78. The molecule has 1 saturated heterocycles. The Morgan fingerprint density at radius 3 is 2.74 bits per heavy atom. The first kappa shape index (κ1) is 24.1. The minimum Gasteiger partial charge on any atom is -0.484 e. The van der Waals surface area contributed by atoms with Crippen molar-refractivity contribution in [2.45, 2.75) is 18.6 Å². The molecule has 0 aromatic heterocycles. The fraction of sp³-hybridized carbons (Fsp3) is 0.435. The van der Waals surface area contributed by atoms with Gasteiger partial charge < -0.3 is 24.2 Å². The number of hydrogen-bond acceptors (Lipinski definition) is 8. The number of likely N-dealkylation sites (N-methyl/N-ethyl adjacent to an activating group) is 1. The summed E-state index contributed by atoms with van der Waals surface area (Å²) < 4.78 is 40.4. The van der Waals surface area contributed by atoms with Gasteiger partial charge in [0, 0.05) is 39.8 Å². The number of benzene rings is 2. The molecule has 2 aliphatic rings. The predicted octanol–water partition coefficient (Wildman–Crippen LogP) is 1.02. The van der Waals surface area contributed by atoms with Crippen LogP contribution in [0.5, 0.6) is 17.2 Å². The quantitative estimate of drug-likeness (QED) is 0.501. The maximum Gasteiger partial charge on any atom is 0.260 e. The van der Waals surface area contributed by atoms with Gasteiger partial charge in [0.2, 0.25) is 17.7 Å². The molecule has 0 aliphatic carbocycles. The zero-order valence-corrected chi connectivity index (χ0v) is 20.0. The molecule has 0 saturated carbocycles. The lowest BCUT2D eigenvalue weighted by Gasteiger charge is -2.32. The summed E-state index contributed by atoms with van der Waals surface area (Å²) in [5, 5.41) is 9.95. The van der Waals surface area contributed by atoms with Crippen LogP contribution in [0, 0.1) is 0 Å². The molecule has 2 atom stereocenters. The highest BCUT2D eigenvalue weighted by Gasteiger charge is 2.29. The van der Waals surface area contributed by atoms with Crippen LogP contribution < -0.4 is 18.5 Å². The van der Waals surface area contributed by atoms with Gasteiger partial charge in [-0.05, 0) is 36.2 Å². The van der Waals surface area contributed by atoms with Crippen LogP contribution in [0.2, 0.25) is 0 Å². The molecule has 4 rings (SSSR count). The summed E-state index contributed by atoms with van der Waals surface area (Å²) in [5.41, 5.74) is 1.30. The van der Waals surface area contributed by atoms with Crippen molar-refractivity contribution in [3.63, 3.8) is 0 Å². The molecule has 1 fully saturated rings. The summed E-state index contributed by atoms with van der Waals surface area (Å²) in [6, 6.07) is 11.9. The number of aliphatic hydroxyl groups is 1. The van der Waals surface area contributed by atoms with Gasteiger partial charge in [-0.1, -0.05) is 12.1 Å². The number of aliphatic hydroxyl groups excluding tert-OH is 1. The van der Waals surface area contributed by atoms with E-state index in [0.717, 1.165) is 12.1 Å². The number of nitrogens with zero attached hydrogens (tertiary/aromatic N) is 3. The summed E-state index contributed by atoms with van der Waals surface area (Å²) >= 11 is 0. The molecule has 0 bridgehead atoms. The van der Waals surface area contributed by atoms with Crippen molar-refractivity contribution in [2.75, 3.05) is 51.4 Å². The SMILES string of the molecule is CN(C(=O)COc1ccc2c(c1)OCO2)[C@H](CN1CC[C@H](O)C1)c1cccc(N(C)[SH](=O)=O)c1. The Labute approximate surface area is 200 Å². The molecule has 34 heavy (non-hydrogen) atoms. The molecule has 2 aromatic rings. The Balaban J connectivity index is 1.50.